The monoisotopic (exact) mass is 338 g/mol. The third kappa shape index (κ3) is 5.66. The Morgan fingerprint density at radius 3 is 1.96 bits per heavy atom. The molecule has 0 amide bonds. The highest BCUT2D eigenvalue weighted by Crippen LogP contribution is 2.18. The minimum absolute atomic E-state index is 0.324. The molecule has 0 bridgehead atoms. The van der Waals surface area contributed by atoms with Gasteiger partial charge >= 0.3 is 11.9 Å². The molecule has 5 heteroatoms. The quantitative estimate of drug-likeness (QED) is 0.455. The number of methoxy groups -OCH3 is 1. The van der Waals surface area contributed by atoms with E-state index in [1.54, 1.807) is 68.6 Å². The molecular weight excluding hydrogens is 320 g/mol. The van der Waals surface area contributed by atoms with Gasteiger partial charge < -0.3 is 14.2 Å². The second-order valence-corrected chi connectivity index (χ2v) is 5.17. The van der Waals surface area contributed by atoms with E-state index in [9.17, 15) is 9.59 Å². The minimum Gasteiger partial charge on any atom is -0.497 e. The van der Waals surface area contributed by atoms with Crippen LogP contribution in [0, 0.1) is 0 Å². The van der Waals surface area contributed by atoms with Crippen molar-refractivity contribution >= 4 is 18.0 Å². The van der Waals surface area contributed by atoms with Crippen molar-refractivity contribution in [3.8, 4) is 17.2 Å². The predicted octanol–water partition coefficient (Wildman–Crippen LogP) is 3.80. The lowest BCUT2D eigenvalue weighted by molar-refractivity contribution is -0.130. The van der Waals surface area contributed by atoms with Crippen LogP contribution in [0.3, 0.4) is 0 Å². The van der Waals surface area contributed by atoms with Gasteiger partial charge in [-0.1, -0.05) is 18.7 Å². The molecule has 0 unspecified atom stereocenters. The first-order valence-electron chi connectivity index (χ1n) is 7.49. The van der Waals surface area contributed by atoms with Gasteiger partial charge in [-0.2, -0.15) is 0 Å². The van der Waals surface area contributed by atoms with Gasteiger partial charge in [0.15, 0.2) is 0 Å². The van der Waals surface area contributed by atoms with E-state index >= 15 is 0 Å². The smallest absolute Gasteiger partial charge is 0.338 e. The third-order valence-corrected chi connectivity index (χ3v) is 3.13. The number of ether oxygens (including phenoxy) is 3. The molecule has 0 radical (unpaired) electrons. The van der Waals surface area contributed by atoms with E-state index in [-0.39, 0.29) is 0 Å². The zero-order valence-electron chi connectivity index (χ0n) is 14.0. The van der Waals surface area contributed by atoms with E-state index in [4.69, 9.17) is 14.2 Å². The van der Waals surface area contributed by atoms with Gasteiger partial charge in [0, 0.05) is 11.6 Å². The van der Waals surface area contributed by atoms with Crippen molar-refractivity contribution in [2.45, 2.75) is 6.92 Å². The standard InChI is InChI=1S/C20H18O5/c1-14(2)20(22)25-18-7-4-15(5-8-18)6-13-19(21)24-17-11-9-16(23-3)10-12-17/h4-13H,1H2,2-3H3. The molecule has 0 spiro atoms. The molecule has 0 aliphatic heterocycles. The zero-order chi connectivity index (χ0) is 18.2. The van der Waals surface area contributed by atoms with Crippen LogP contribution in [0.5, 0.6) is 17.2 Å². The highest BCUT2D eigenvalue weighted by molar-refractivity contribution is 5.89. The van der Waals surface area contributed by atoms with Crippen LogP contribution in [0.15, 0.2) is 66.8 Å². The van der Waals surface area contributed by atoms with Gasteiger partial charge in [-0.3, -0.25) is 0 Å². The number of rotatable bonds is 6. The summed E-state index contributed by atoms with van der Waals surface area (Å²) in [5.74, 6) is 0.542. The number of esters is 2. The maximum atomic E-state index is 11.8. The maximum absolute atomic E-state index is 11.8. The summed E-state index contributed by atoms with van der Waals surface area (Å²) in [5, 5.41) is 0. The van der Waals surface area contributed by atoms with Crippen LogP contribution in [0.25, 0.3) is 6.08 Å². The molecule has 0 heterocycles. The molecule has 5 nitrogen and oxygen atoms in total. The third-order valence-electron chi connectivity index (χ3n) is 3.13. The summed E-state index contributed by atoms with van der Waals surface area (Å²) in [7, 11) is 1.56. The van der Waals surface area contributed by atoms with Gasteiger partial charge in [0.25, 0.3) is 0 Å². The normalized spacial score (nSPS) is 10.3. The maximum Gasteiger partial charge on any atom is 0.338 e. The van der Waals surface area contributed by atoms with Gasteiger partial charge in [-0.05, 0) is 55.0 Å². The van der Waals surface area contributed by atoms with Crippen molar-refractivity contribution in [2.75, 3.05) is 7.11 Å². The molecule has 2 rings (SSSR count). The predicted molar refractivity (Wildman–Crippen MR) is 94.6 cm³/mol. The fourth-order valence-electron chi connectivity index (χ4n) is 1.80. The summed E-state index contributed by atoms with van der Waals surface area (Å²) < 4.78 is 15.3. The van der Waals surface area contributed by atoms with Gasteiger partial charge in [0.2, 0.25) is 0 Å². The van der Waals surface area contributed by atoms with Crippen LogP contribution in [0.2, 0.25) is 0 Å². The Bertz CT molecular complexity index is 786. The molecule has 0 saturated carbocycles. The fourth-order valence-corrected chi connectivity index (χ4v) is 1.80. The van der Waals surface area contributed by atoms with Crippen molar-refractivity contribution < 1.29 is 23.8 Å². The lowest BCUT2D eigenvalue weighted by Gasteiger charge is -2.04. The van der Waals surface area contributed by atoms with E-state index in [0.717, 1.165) is 5.56 Å². The van der Waals surface area contributed by atoms with Gasteiger partial charge in [-0.25, -0.2) is 9.59 Å². The summed E-state index contributed by atoms with van der Waals surface area (Å²) in [6.07, 6.45) is 2.93. The number of carbonyl (C=O) groups excluding carboxylic acids is 2. The van der Waals surface area contributed by atoms with Gasteiger partial charge in [0.05, 0.1) is 7.11 Å². The Hall–Kier alpha value is -3.34. The Morgan fingerprint density at radius 2 is 1.40 bits per heavy atom. The molecule has 0 atom stereocenters. The Morgan fingerprint density at radius 1 is 0.880 bits per heavy atom. The Labute approximate surface area is 146 Å². The molecule has 0 N–H and O–H groups in total. The van der Waals surface area contributed by atoms with E-state index in [0.29, 0.717) is 22.8 Å². The number of hydrogen-bond donors (Lipinski definition) is 0. The number of hydrogen-bond acceptors (Lipinski definition) is 5. The molecule has 128 valence electrons. The molecule has 2 aromatic carbocycles. The van der Waals surface area contributed by atoms with Crippen LogP contribution >= 0.6 is 0 Å². The average molecular weight is 338 g/mol. The minimum atomic E-state index is -0.497. The fraction of sp³-hybridized carbons (Fsp3) is 0.100. The largest absolute Gasteiger partial charge is 0.497 e. The molecule has 0 aliphatic carbocycles. The van der Waals surface area contributed by atoms with E-state index < -0.39 is 11.9 Å². The lowest BCUT2D eigenvalue weighted by Crippen LogP contribution is -2.07. The molecular formula is C20H18O5. The molecule has 2 aromatic rings. The van der Waals surface area contributed by atoms with E-state index in [1.807, 2.05) is 0 Å². The summed E-state index contributed by atoms with van der Waals surface area (Å²) in [6.45, 7) is 5.09. The van der Waals surface area contributed by atoms with Crippen LogP contribution < -0.4 is 14.2 Å². The molecule has 0 fully saturated rings. The van der Waals surface area contributed by atoms with Gasteiger partial charge in [0.1, 0.15) is 17.2 Å². The first-order chi connectivity index (χ1) is 12.0. The SMILES string of the molecule is C=C(C)C(=O)Oc1ccc(C=CC(=O)Oc2ccc(OC)cc2)cc1. The van der Waals surface area contributed by atoms with Crippen LogP contribution in [0.4, 0.5) is 0 Å². The Kier molecular flexibility index (Phi) is 6.12. The Balaban J connectivity index is 1.92. The highest BCUT2D eigenvalue weighted by atomic mass is 16.5. The van der Waals surface area contributed by atoms with Crippen molar-refractivity contribution in [3.05, 3.63) is 72.3 Å². The molecule has 0 aliphatic rings. The highest BCUT2D eigenvalue weighted by Gasteiger charge is 2.05. The first kappa shape index (κ1) is 18.0. The lowest BCUT2D eigenvalue weighted by atomic mass is 10.2. The topological polar surface area (TPSA) is 61.8 Å². The van der Waals surface area contributed by atoms with Crippen molar-refractivity contribution in [1.82, 2.24) is 0 Å². The number of benzene rings is 2. The van der Waals surface area contributed by atoms with Crippen LogP contribution in [0.1, 0.15) is 12.5 Å². The summed E-state index contributed by atoms with van der Waals surface area (Å²) >= 11 is 0. The number of carbonyl (C=O) groups is 2. The summed E-state index contributed by atoms with van der Waals surface area (Å²) in [4.78, 5) is 23.2. The molecule has 0 saturated heterocycles. The zero-order valence-corrected chi connectivity index (χ0v) is 14.0. The van der Waals surface area contributed by atoms with Crippen molar-refractivity contribution in [3.63, 3.8) is 0 Å². The van der Waals surface area contributed by atoms with Crippen molar-refractivity contribution in [1.29, 1.82) is 0 Å². The second-order valence-electron chi connectivity index (χ2n) is 5.17. The second kappa shape index (κ2) is 8.49. The van der Waals surface area contributed by atoms with E-state index in [2.05, 4.69) is 6.58 Å². The molecule has 25 heavy (non-hydrogen) atoms. The van der Waals surface area contributed by atoms with Crippen LogP contribution in [-0.4, -0.2) is 19.0 Å². The summed E-state index contributed by atoms with van der Waals surface area (Å²) in [5.41, 5.74) is 1.09. The van der Waals surface area contributed by atoms with E-state index in [1.165, 1.54) is 6.08 Å². The molecule has 0 aromatic heterocycles. The van der Waals surface area contributed by atoms with Gasteiger partial charge in [-0.15, -0.1) is 0 Å². The average Bonchev–Trinajstić information content (AvgIpc) is 2.61. The first-order valence-corrected chi connectivity index (χ1v) is 7.49. The van der Waals surface area contributed by atoms with Crippen molar-refractivity contribution in [2.24, 2.45) is 0 Å². The van der Waals surface area contributed by atoms with Crippen LogP contribution in [-0.2, 0) is 9.59 Å². The summed E-state index contributed by atoms with van der Waals surface area (Å²) in [6, 6.07) is 13.4.